The van der Waals surface area contributed by atoms with E-state index in [1.165, 1.54) is 4.31 Å². The minimum atomic E-state index is -3.74. The number of hydrogen-bond acceptors (Lipinski definition) is 3. The summed E-state index contributed by atoms with van der Waals surface area (Å²) in [5, 5.41) is 4.48. The van der Waals surface area contributed by atoms with E-state index in [4.69, 9.17) is 0 Å². The van der Waals surface area contributed by atoms with E-state index in [0.29, 0.717) is 11.1 Å². The molecular weight excluding hydrogens is 372 g/mol. The third-order valence-electron chi connectivity index (χ3n) is 5.25. The Labute approximate surface area is 165 Å². The molecule has 1 aliphatic rings. The first-order valence-electron chi connectivity index (χ1n) is 9.20. The van der Waals surface area contributed by atoms with Crippen molar-refractivity contribution in [3.05, 3.63) is 71.3 Å². The van der Waals surface area contributed by atoms with E-state index in [1.807, 2.05) is 57.2 Å². The molecule has 0 aliphatic carbocycles. The van der Waals surface area contributed by atoms with Crippen LogP contribution in [0, 0.1) is 13.8 Å². The van der Waals surface area contributed by atoms with Gasteiger partial charge in [0.25, 0.3) is 10.0 Å². The molecule has 1 aliphatic heterocycles. The second-order valence-corrected chi connectivity index (χ2v) is 9.12. The Bertz CT molecular complexity index is 1200. The summed E-state index contributed by atoms with van der Waals surface area (Å²) in [7, 11) is -3.74. The zero-order valence-corrected chi connectivity index (χ0v) is 16.9. The third kappa shape index (κ3) is 2.94. The average molecular weight is 394 g/mol. The number of aryl methyl sites for hydroxylation is 2. The summed E-state index contributed by atoms with van der Waals surface area (Å²) in [5.74, 6) is -0.332. The maximum absolute atomic E-state index is 13.0. The number of nitrogens with zero attached hydrogens (tertiary/aromatic N) is 1. The highest BCUT2D eigenvalue weighted by Gasteiger charge is 2.36. The SMILES string of the molecule is Cc1ccc(C)c([C@@H](C)NC(=O)CN2c3cccc4cccc(c34)S2(=O)=O)c1. The molecule has 0 fully saturated rings. The number of carbonyl (C=O) groups is 1. The first-order chi connectivity index (χ1) is 13.3. The van der Waals surface area contributed by atoms with E-state index in [-0.39, 0.29) is 23.4 Å². The molecule has 6 heteroatoms. The van der Waals surface area contributed by atoms with Gasteiger partial charge in [0.2, 0.25) is 5.91 Å². The lowest BCUT2D eigenvalue weighted by Crippen LogP contribution is -2.40. The summed E-state index contributed by atoms with van der Waals surface area (Å²) >= 11 is 0. The summed E-state index contributed by atoms with van der Waals surface area (Å²) < 4.78 is 27.2. The van der Waals surface area contributed by atoms with Crippen molar-refractivity contribution in [2.75, 3.05) is 10.8 Å². The molecule has 1 amide bonds. The van der Waals surface area contributed by atoms with Crippen molar-refractivity contribution < 1.29 is 13.2 Å². The van der Waals surface area contributed by atoms with E-state index in [1.54, 1.807) is 18.2 Å². The van der Waals surface area contributed by atoms with Gasteiger partial charge in [-0.2, -0.15) is 0 Å². The Morgan fingerprint density at radius 2 is 1.79 bits per heavy atom. The maximum atomic E-state index is 13.0. The molecule has 0 unspecified atom stereocenters. The van der Waals surface area contributed by atoms with Gasteiger partial charge in [0, 0.05) is 5.39 Å². The van der Waals surface area contributed by atoms with Gasteiger partial charge in [-0.3, -0.25) is 9.10 Å². The lowest BCUT2D eigenvalue weighted by molar-refractivity contribution is -0.120. The van der Waals surface area contributed by atoms with Crippen molar-refractivity contribution in [1.29, 1.82) is 0 Å². The largest absolute Gasteiger partial charge is 0.348 e. The van der Waals surface area contributed by atoms with Gasteiger partial charge in [-0.15, -0.1) is 0 Å². The zero-order chi connectivity index (χ0) is 20.1. The van der Waals surface area contributed by atoms with Gasteiger partial charge < -0.3 is 5.32 Å². The predicted molar refractivity (Wildman–Crippen MR) is 111 cm³/mol. The second-order valence-electron chi connectivity index (χ2n) is 7.29. The van der Waals surface area contributed by atoms with E-state index >= 15 is 0 Å². The molecule has 0 spiro atoms. The summed E-state index contributed by atoms with van der Waals surface area (Å²) in [6, 6.07) is 16.5. The monoisotopic (exact) mass is 394 g/mol. The molecule has 3 aromatic carbocycles. The average Bonchev–Trinajstić information content (AvgIpc) is 2.87. The fraction of sp³-hybridized carbons (Fsp3) is 0.227. The molecule has 144 valence electrons. The van der Waals surface area contributed by atoms with Gasteiger partial charge in [0.05, 0.1) is 16.6 Å². The summed E-state index contributed by atoms with van der Waals surface area (Å²) in [6.07, 6.45) is 0. The molecule has 0 bridgehead atoms. The van der Waals surface area contributed by atoms with E-state index in [9.17, 15) is 13.2 Å². The number of hydrogen-bond donors (Lipinski definition) is 1. The van der Waals surface area contributed by atoms with Gasteiger partial charge >= 0.3 is 0 Å². The molecule has 1 heterocycles. The Balaban J connectivity index is 1.60. The highest BCUT2D eigenvalue weighted by molar-refractivity contribution is 7.93. The Morgan fingerprint density at radius 3 is 2.54 bits per heavy atom. The number of nitrogens with one attached hydrogen (secondary N) is 1. The predicted octanol–water partition coefficient (Wildman–Crippen LogP) is 3.84. The van der Waals surface area contributed by atoms with Crippen LogP contribution < -0.4 is 9.62 Å². The van der Waals surface area contributed by atoms with E-state index < -0.39 is 10.0 Å². The first kappa shape index (κ1) is 18.5. The first-order valence-corrected chi connectivity index (χ1v) is 10.6. The van der Waals surface area contributed by atoms with Crippen LogP contribution >= 0.6 is 0 Å². The molecule has 1 N–H and O–H groups in total. The van der Waals surface area contributed by atoms with Crippen LogP contribution in [0.4, 0.5) is 5.69 Å². The standard InChI is InChI=1S/C22H22N2O3S/c1-14-10-11-15(2)18(12-14)16(3)23-21(25)13-24-19-8-4-6-17-7-5-9-20(22(17)19)28(24,26)27/h4-12,16H,13H2,1-3H3,(H,23,25)/t16-/m1/s1. The lowest BCUT2D eigenvalue weighted by atomic mass is 10.00. The quantitative estimate of drug-likeness (QED) is 0.731. The molecule has 1 atom stereocenters. The van der Waals surface area contributed by atoms with Crippen molar-refractivity contribution in [3.63, 3.8) is 0 Å². The zero-order valence-electron chi connectivity index (χ0n) is 16.1. The lowest BCUT2D eigenvalue weighted by Gasteiger charge is -2.21. The summed E-state index contributed by atoms with van der Waals surface area (Å²) in [4.78, 5) is 13.0. The number of carbonyl (C=O) groups excluding carboxylic acids is 1. The number of rotatable bonds is 4. The normalized spacial score (nSPS) is 15.6. The molecular formula is C22H22N2O3S. The van der Waals surface area contributed by atoms with Crippen LogP contribution in [-0.4, -0.2) is 20.9 Å². The molecule has 0 radical (unpaired) electrons. The fourth-order valence-corrected chi connectivity index (χ4v) is 5.52. The molecule has 0 aromatic heterocycles. The molecule has 0 saturated carbocycles. The third-order valence-corrected chi connectivity index (χ3v) is 7.05. The molecule has 3 aromatic rings. The van der Waals surface area contributed by atoms with Crippen LogP contribution in [0.15, 0.2) is 59.5 Å². The van der Waals surface area contributed by atoms with E-state index in [2.05, 4.69) is 5.32 Å². The maximum Gasteiger partial charge on any atom is 0.265 e. The van der Waals surface area contributed by atoms with Crippen molar-refractivity contribution in [3.8, 4) is 0 Å². The number of amides is 1. The summed E-state index contributed by atoms with van der Waals surface area (Å²) in [6.45, 7) is 5.67. The van der Waals surface area contributed by atoms with Crippen LogP contribution in [0.1, 0.15) is 29.7 Å². The number of anilines is 1. The van der Waals surface area contributed by atoms with Gasteiger partial charge in [-0.05, 0) is 49.4 Å². The molecule has 28 heavy (non-hydrogen) atoms. The van der Waals surface area contributed by atoms with Crippen LogP contribution in [0.2, 0.25) is 0 Å². The van der Waals surface area contributed by atoms with Crippen molar-refractivity contribution in [1.82, 2.24) is 5.32 Å². The minimum absolute atomic E-state index is 0.212. The number of sulfonamides is 1. The molecule has 4 rings (SSSR count). The Morgan fingerprint density at radius 1 is 1.07 bits per heavy atom. The van der Waals surface area contributed by atoms with Crippen molar-refractivity contribution in [2.45, 2.75) is 31.7 Å². The smallest absolute Gasteiger partial charge is 0.265 e. The van der Waals surface area contributed by atoms with Gasteiger partial charge in [0.1, 0.15) is 6.54 Å². The van der Waals surface area contributed by atoms with Gasteiger partial charge in [0.15, 0.2) is 0 Å². The van der Waals surface area contributed by atoms with Crippen LogP contribution in [-0.2, 0) is 14.8 Å². The minimum Gasteiger partial charge on any atom is -0.348 e. The van der Waals surface area contributed by atoms with Crippen LogP contribution in [0.25, 0.3) is 10.8 Å². The van der Waals surface area contributed by atoms with Crippen LogP contribution in [0.5, 0.6) is 0 Å². The number of benzene rings is 3. The molecule has 5 nitrogen and oxygen atoms in total. The summed E-state index contributed by atoms with van der Waals surface area (Å²) in [5.41, 5.74) is 3.79. The Kier molecular flexibility index (Phi) is 4.38. The van der Waals surface area contributed by atoms with Gasteiger partial charge in [-0.25, -0.2) is 8.42 Å². The topological polar surface area (TPSA) is 66.5 Å². The highest BCUT2D eigenvalue weighted by atomic mass is 32.2. The van der Waals surface area contributed by atoms with E-state index in [0.717, 1.165) is 22.1 Å². The van der Waals surface area contributed by atoms with Crippen molar-refractivity contribution in [2.24, 2.45) is 0 Å². The second kappa shape index (κ2) is 6.63. The van der Waals surface area contributed by atoms with Crippen molar-refractivity contribution >= 4 is 32.4 Å². The fourth-order valence-electron chi connectivity index (χ4n) is 3.85. The van der Waals surface area contributed by atoms with Crippen LogP contribution in [0.3, 0.4) is 0 Å². The van der Waals surface area contributed by atoms with Gasteiger partial charge in [-0.1, -0.05) is 48.0 Å². The Hall–Kier alpha value is -2.86. The molecule has 0 saturated heterocycles. The highest BCUT2D eigenvalue weighted by Crippen LogP contribution is 2.41.